The molecule has 0 atom stereocenters. The first-order valence-electron chi connectivity index (χ1n) is 3.94. The minimum atomic E-state index is -0.825. The lowest BCUT2D eigenvalue weighted by Gasteiger charge is -1.97. The van der Waals surface area contributed by atoms with Gasteiger partial charge in [0.15, 0.2) is 0 Å². The van der Waals surface area contributed by atoms with Crippen molar-refractivity contribution in [1.82, 2.24) is 0 Å². The lowest BCUT2D eigenvalue weighted by Crippen LogP contribution is -1.99. The Morgan fingerprint density at radius 3 is 3.00 bits per heavy atom. The molecule has 2 rings (SSSR count). The molecule has 0 unspecified atom stereocenters. The molecule has 0 bridgehead atoms. The first-order chi connectivity index (χ1) is 6.27. The maximum absolute atomic E-state index is 10.5. The van der Waals surface area contributed by atoms with Crippen LogP contribution in [0.4, 0.5) is 0 Å². The van der Waals surface area contributed by atoms with E-state index in [1.165, 1.54) is 0 Å². The molecular weight excluding hydrogens is 168 g/mol. The third-order valence-corrected chi connectivity index (χ3v) is 1.93. The molecule has 0 aliphatic carbocycles. The van der Waals surface area contributed by atoms with Crippen LogP contribution in [0.5, 0.6) is 0 Å². The van der Waals surface area contributed by atoms with Crippen molar-refractivity contribution in [2.24, 2.45) is 0 Å². The van der Waals surface area contributed by atoms with Crippen LogP contribution in [0.3, 0.4) is 0 Å². The number of furan rings is 1. The van der Waals surface area contributed by atoms with Crippen LogP contribution in [0.25, 0.3) is 11.0 Å². The number of hydrogen-bond acceptors (Lipinski definition) is 2. The average Bonchev–Trinajstić information content (AvgIpc) is 2.51. The Hall–Kier alpha value is -1.77. The molecule has 66 valence electrons. The van der Waals surface area contributed by atoms with Crippen molar-refractivity contribution >= 4 is 16.9 Å². The number of carbonyl (C=O) groups is 1. The van der Waals surface area contributed by atoms with Crippen molar-refractivity contribution in [2.45, 2.75) is 6.42 Å². The molecule has 0 radical (unpaired) electrons. The fraction of sp³-hybridized carbons (Fsp3) is 0.100. The van der Waals surface area contributed by atoms with Crippen LogP contribution in [0.15, 0.2) is 34.9 Å². The Morgan fingerprint density at radius 2 is 2.23 bits per heavy atom. The second-order valence-corrected chi connectivity index (χ2v) is 2.82. The van der Waals surface area contributed by atoms with Gasteiger partial charge in [0.25, 0.3) is 0 Å². The van der Waals surface area contributed by atoms with Gasteiger partial charge in [-0.05, 0) is 17.7 Å². The molecule has 3 nitrogen and oxygen atoms in total. The molecule has 13 heavy (non-hydrogen) atoms. The molecule has 0 saturated heterocycles. The zero-order valence-electron chi connectivity index (χ0n) is 6.86. The third kappa shape index (κ3) is 1.40. The molecule has 1 aromatic carbocycles. The molecule has 1 N–H and O–H groups in total. The van der Waals surface area contributed by atoms with Gasteiger partial charge < -0.3 is 9.52 Å². The minimum Gasteiger partial charge on any atom is -0.481 e. The standard InChI is InChI=1S/C10H8O3/c11-10(12)6-7-2-1-3-9-8(7)4-5-13-9/h1-5H,6H2,(H,11,12). The van der Waals surface area contributed by atoms with Crippen LogP contribution in [0.2, 0.25) is 0 Å². The third-order valence-electron chi connectivity index (χ3n) is 1.93. The van der Waals surface area contributed by atoms with E-state index in [1.54, 1.807) is 24.5 Å². The molecule has 3 heteroatoms. The normalized spacial score (nSPS) is 10.5. The number of fused-ring (bicyclic) bond motifs is 1. The fourth-order valence-corrected chi connectivity index (χ4v) is 1.37. The molecule has 0 aliphatic heterocycles. The molecular formula is C10H8O3. The van der Waals surface area contributed by atoms with E-state index in [9.17, 15) is 4.79 Å². The largest absolute Gasteiger partial charge is 0.481 e. The van der Waals surface area contributed by atoms with Crippen LogP contribution in [0.1, 0.15) is 5.56 Å². The van der Waals surface area contributed by atoms with E-state index in [4.69, 9.17) is 9.52 Å². The van der Waals surface area contributed by atoms with Gasteiger partial charge in [-0.15, -0.1) is 0 Å². The second kappa shape index (κ2) is 2.94. The highest BCUT2D eigenvalue weighted by molar-refractivity contribution is 5.85. The summed E-state index contributed by atoms with van der Waals surface area (Å²) in [5, 5.41) is 9.51. The molecule has 0 fully saturated rings. The summed E-state index contributed by atoms with van der Waals surface area (Å²) < 4.78 is 5.15. The highest BCUT2D eigenvalue weighted by Gasteiger charge is 2.06. The van der Waals surface area contributed by atoms with Crippen LogP contribution < -0.4 is 0 Å². The fourth-order valence-electron chi connectivity index (χ4n) is 1.37. The maximum Gasteiger partial charge on any atom is 0.307 e. The summed E-state index contributed by atoms with van der Waals surface area (Å²) >= 11 is 0. The van der Waals surface area contributed by atoms with Crippen molar-refractivity contribution in [3.8, 4) is 0 Å². The van der Waals surface area contributed by atoms with Crippen LogP contribution in [-0.2, 0) is 11.2 Å². The molecule has 1 heterocycles. The predicted octanol–water partition coefficient (Wildman–Crippen LogP) is 2.06. The van der Waals surface area contributed by atoms with Gasteiger partial charge in [-0.1, -0.05) is 12.1 Å². The molecule has 0 saturated carbocycles. The van der Waals surface area contributed by atoms with Gasteiger partial charge in [0.2, 0.25) is 0 Å². The van der Waals surface area contributed by atoms with E-state index in [0.717, 1.165) is 16.5 Å². The first kappa shape index (κ1) is 7.86. The van der Waals surface area contributed by atoms with Crippen molar-refractivity contribution in [3.63, 3.8) is 0 Å². The Balaban J connectivity index is 2.54. The van der Waals surface area contributed by atoms with Crippen LogP contribution in [0, 0.1) is 0 Å². The highest BCUT2D eigenvalue weighted by atomic mass is 16.4. The van der Waals surface area contributed by atoms with Gasteiger partial charge in [0.05, 0.1) is 12.7 Å². The summed E-state index contributed by atoms with van der Waals surface area (Å²) in [5.41, 5.74) is 1.53. The average molecular weight is 176 g/mol. The van der Waals surface area contributed by atoms with Gasteiger partial charge >= 0.3 is 5.97 Å². The van der Waals surface area contributed by atoms with Crippen molar-refractivity contribution < 1.29 is 14.3 Å². The Bertz CT molecular complexity index is 442. The van der Waals surface area contributed by atoms with E-state index >= 15 is 0 Å². The number of carboxylic acid groups (broad SMARTS) is 1. The lowest BCUT2D eigenvalue weighted by molar-refractivity contribution is -0.136. The number of carboxylic acids is 1. The number of benzene rings is 1. The summed E-state index contributed by atoms with van der Waals surface area (Å²) in [6, 6.07) is 7.20. The summed E-state index contributed by atoms with van der Waals surface area (Å²) in [6.45, 7) is 0. The first-order valence-corrected chi connectivity index (χ1v) is 3.94. The molecule has 2 aromatic rings. The van der Waals surface area contributed by atoms with Crippen molar-refractivity contribution in [3.05, 3.63) is 36.1 Å². The van der Waals surface area contributed by atoms with Gasteiger partial charge in [0, 0.05) is 5.39 Å². The maximum atomic E-state index is 10.5. The molecule has 0 aliphatic rings. The van der Waals surface area contributed by atoms with E-state index in [0.29, 0.717) is 0 Å². The van der Waals surface area contributed by atoms with Gasteiger partial charge in [-0.25, -0.2) is 0 Å². The number of aliphatic carboxylic acids is 1. The highest BCUT2D eigenvalue weighted by Crippen LogP contribution is 2.19. The van der Waals surface area contributed by atoms with Gasteiger partial charge in [-0.2, -0.15) is 0 Å². The van der Waals surface area contributed by atoms with E-state index < -0.39 is 5.97 Å². The summed E-state index contributed by atoms with van der Waals surface area (Å²) in [6.07, 6.45) is 1.60. The van der Waals surface area contributed by atoms with Crippen LogP contribution in [-0.4, -0.2) is 11.1 Å². The Labute approximate surface area is 74.6 Å². The van der Waals surface area contributed by atoms with Crippen molar-refractivity contribution in [2.75, 3.05) is 0 Å². The zero-order valence-corrected chi connectivity index (χ0v) is 6.86. The SMILES string of the molecule is O=C(O)Cc1cccc2occc12. The second-order valence-electron chi connectivity index (χ2n) is 2.82. The zero-order chi connectivity index (χ0) is 9.26. The summed E-state index contributed by atoms with van der Waals surface area (Å²) in [7, 11) is 0. The monoisotopic (exact) mass is 176 g/mol. The van der Waals surface area contributed by atoms with Gasteiger partial charge in [0.1, 0.15) is 5.58 Å². The number of rotatable bonds is 2. The van der Waals surface area contributed by atoms with E-state index in [-0.39, 0.29) is 6.42 Å². The summed E-state index contributed by atoms with van der Waals surface area (Å²) in [5.74, 6) is -0.825. The predicted molar refractivity (Wildman–Crippen MR) is 47.6 cm³/mol. The topological polar surface area (TPSA) is 50.4 Å². The summed E-state index contributed by atoms with van der Waals surface area (Å²) in [4.78, 5) is 10.5. The quantitative estimate of drug-likeness (QED) is 0.761. The molecule has 0 spiro atoms. The Kier molecular flexibility index (Phi) is 1.77. The lowest BCUT2D eigenvalue weighted by atomic mass is 10.1. The number of hydrogen-bond donors (Lipinski definition) is 1. The smallest absolute Gasteiger partial charge is 0.307 e. The minimum absolute atomic E-state index is 0.0386. The Morgan fingerprint density at radius 1 is 1.38 bits per heavy atom. The van der Waals surface area contributed by atoms with Crippen LogP contribution >= 0.6 is 0 Å². The molecule has 0 amide bonds. The van der Waals surface area contributed by atoms with E-state index in [2.05, 4.69) is 0 Å². The van der Waals surface area contributed by atoms with Gasteiger partial charge in [-0.3, -0.25) is 4.79 Å². The van der Waals surface area contributed by atoms with Crippen molar-refractivity contribution in [1.29, 1.82) is 0 Å². The molecule has 1 aromatic heterocycles. The van der Waals surface area contributed by atoms with E-state index in [1.807, 2.05) is 6.07 Å².